The lowest BCUT2D eigenvalue weighted by molar-refractivity contribution is -0.138. The summed E-state index contributed by atoms with van der Waals surface area (Å²) in [5, 5.41) is 10.9. The van der Waals surface area contributed by atoms with Crippen molar-refractivity contribution in [3.63, 3.8) is 0 Å². The van der Waals surface area contributed by atoms with Crippen LogP contribution in [-0.4, -0.2) is 28.6 Å². The topological polar surface area (TPSA) is 76.0 Å². The van der Waals surface area contributed by atoms with Crippen LogP contribution in [0.1, 0.15) is 61.7 Å². The summed E-state index contributed by atoms with van der Waals surface area (Å²) in [4.78, 5) is 30.0. The van der Waals surface area contributed by atoms with E-state index in [0.717, 1.165) is 29.3 Å². The van der Waals surface area contributed by atoms with Crippen LogP contribution in [0, 0.1) is 0 Å². The Morgan fingerprint density at radius 3 is 2.21 bits per heavy atom. The molecule has 1 aliphatic heterocycles. The molecule has 5 nitrogen and oxygen atoms in total. The number of rotatable bonds is 5. The van der Waals surface area contributed by atoms with Gasteiger partial charge in [-0.25, -0.2) is 9.79 Å². The maximum atomic E-state index is 12.9. The minimum absolute atomic E-state index is 0.0323. The predicted molar refractivity (Wildman–Crippen MR) is 135 cm³/mol. The Morgan fingerprint density at radius 1 is 1.03 bits per heavy atom. The highest BCUT2D eigenvalue weighted by atomic mass is 32.2. The average molecular weight is 464 g/mol. The lowest BCUT2D eigenvalue weighted by Crippen LogP contribution is -2.14. The Kier molecular flexibility index (Phi) is 7.59. The van der Waals surface area contributed by atoms with Gasteiger partial charge in [0.05, 0.1) is 11.5 Å². The molecule has 2 aromatic carbocycles. The quantitative estimate of drug-likeness (QED) is 0.531. The minimum atomic E-state index is -0.707. The van der Waals surface area contributed by atoms with Crippen molar-refractivity contribution in [2.45, 2.75) is 46.5 Å². The molecule has 0 aliphatic carbocycles. The van der Waals surface area contributed by atoms with Crippen LogP contribution in [0.4, 0.5) is 0 Å². The summed E-state index contributed by atoms with van der Waals surface area (Å²) in [6.45, 7) is 10.2. The molecular formula is C27H29NO4S. The molecule has 0 saturated carbocycles. The SMILES string of the molecule is CCOC(=O)C1=C(O)/C(=C\c2ccc(CC)cc2)SC1=NC(=O)c1ccc(C(C)(C)C)cc1. The normalized spacial score (nSPS) is 16.5. The Bertz CT molecular complexity index is 1130. The van der Waals surface area contributed by atoms with Gasteiger partial charge in [-0.2, -0.15) is 0 Å². The second-order valence-corrected chi connectivity index (χ2v) is 9.73. The van der Waals surface area contributed by atoms with Crippen LogP contribution in [0.2, 0.25) is 0 Å². The maximum Gasteiger partial charge on any atom is 0.344 e. The molecule has 0 bridgehead atoms. The van der Waals surface area contributed by atoms with Crippen LogP contribution in [0.15, 0.2) is 69.8 Å². The molecule has 1 heterocycles. The van der Waals surface area contributed by atoms with Gasteiger partial charge in [-0.1, -0.05) is 75.9 Å². The molecule has 6 heteroatoms. The van der Waals surface area contributed by atoms with E-state index in [1.165, 1.54) is 5.56 Å². The van der Waals surface area contributed by atoms with Gasteiger partial charge in [0.15, 0.2) is 0 Å². The lowest BCUT2D eigenvalue weighted by Gasteiger charge is -2.18. The lowest BCUT2D eigenvalue weighted by atomic mass is 9.87. The summed E-state index contributed by atoms with van der Waals surface area (Å²) in [6.07, 6.45) is 2.70. The van der Waals surface area contributed by atoms with E-state index in [2.05, 4.69) is 32.7 Å². The molecule has 1 N–H and O–H groups in total. The Hall–Kier alpha value is -3.12. The van der Waals surface area contributed by atoms with Gasteiger partial charge < -0.3 is 9.84 Å². The number of hydrogen-bond acceptors (Lipinski definition) is 5. The molecule has 2 aromatic rings. The van der Waals surface area contributed by atoms with E-state index in [9.17, 15) is 14.7 Å². The van der Waals surface area contributed by atoms with E-state index in [1.807, 2.05) is 36.4 Å². The molecule has 0 unspecified atom stereocenters. The third kappa shape index (κ3) is 5.82. The molecule has 0 atom stereocenters. The van der Waals surface area contributed by atoms with E-state index in [1.54, 1.807) is 25.1 Å². The highest BCUT2D eigenvalue weighted by molar-refractivity contribution is 8.18. The largest absolute Gasteiger partial charge is 0.506 e. The van der Waals surface area contributed by atoms with E-state index >= 15 is 0 Å². The zero-order valence-corrected chi connectivity index (χ0v) is 20.5. The van der Waals surface area contributed by atoms with Gasteiger partial charge in [0.25, 0.3) is 5.91 Å². The molecule has 0 spiro atoms. The molecule has 3 rings (SSSR count). The van der Waals surface area contributed by atoms with Crippen molar-refractivity contribution < 1.29 is 19.4 Å². The third-order valence-electron chi connectivity index (χ3n) is 5.26. The zero-order valence-electron chi connectivity index (χ0n) is 19.6. The Balaban J connectivity index is 1.95. The molecule has 0 aromatic heterocycles. The van der Waals surface area contributed by atoms with Crippen molar-refractivity contribution in [1.29, 1.82) is 0 Å². The van der Waals surface area contributed by atoms with Gasteiger partial charge in [0, 0.05) is 5.56 Å². The van der Waals surface area contributed by atoms with Crippen LogP contribution in [0.25, 0.3) is 6.08 Å². The number of ether oxygens (including phenoxy) is 1. The van der Waals surface area contributed by atoms with Crippen LogP contribution >= 0.6 is 11.8 Å². The predicted octanol–water partition coefficient (Wildman–Crippen LogP) is 6.25. The van der Waals surface area contributed by atoms with Gasteiger partial charge >= 0.3 is 5.97 Å². The smallest absolute Gasteiger partial charge is 0.344 e. The van der Waals surface area contributed by atoms with Gasteiger partial charge in [0.1, 0.15) is 16.4 Å². The van der Waals surface area contributed by atoms with Crippen LogP contribution in [-0.2, 0) is 21.4 Å². The molecule has 0 fully saturated rings. The monoisotopic (exact) mass is 463 g/mol. The van der Waals surface area contributed by atoms with Crippen LogP contribution < -0.4 is 0 Å². The summed E-state index contributed by atoms with van der Waals surface area (Å²) in [7, 11) is 0. The molecule has 33 heavy (non-hydrogen) atoms. The summed E-state index contributed by atoms with van der Waals surface area (Å²) < 4.78 is 5.11. The molecule has 172 valence electrons. The zero-order chi connectivity index (χ0) is 24.2. The number of amides is 1. The van der Waals surface area contributed by atoms with Crippen molar-refractivity contribution in [2.75, 3.05) is 6.61 Å². The molecule has 0 radical (unpaired) electrons. The average Bonchev–Trinajstić information content (AvgIpc) is 3.08. The second-order valence-electron chi connectivity index (χ2n) is 8.70. The summed E-state index contributed by atoms with van der Waals surface area (Å²) in [5.74, 6) is -1.42. The first kappa shape index (κ1) is 24.5. The number of aliphatic imine (C=N–C) groups is 1. The first-order valence-corrected chi connectivity index (χ1v) is 11.8. The van der Waals surface area contributed by atoms with E-state index in [-0.39, 0.29) is 28.4 Å². The number of carbonyl (C=O) groups excluding carboxylic acids is 2. The number of carbonyl (C=O) groups is 2. The second kappa shape index (κ2) is 10.2. The fourth-order valence-corrected chi connectivity index (χ4v) is 4.27. The van der Waals surface area contributed by atoms with Crippen molar-refractivity contribution in [3.05, 3.63) is 87.0 Å². The number of aliphatic hydroxyl groups excluding tert-OH is 1. The van der Waals surface area contributed by atoms with Gasteiger partial charge in [0.2, 0.25) is 0 Å². The maximum absolute atomic E-state index is 12.9. The van der Waals surface area contributed by atoms with Crippen molar-refractivity contribution >= 4 is 34.8 Å². The minimum Gasteiger partial charge on any atom is -0.506 e. The number of aryl methyl sites for hydroxylation is 1. The Morgan fingerprint density at radius 2 is 1.67 bits per heavy atom. The highest BCUT2D eigenvalue weighted by Crippen LogP contribution is 2.39. The standard InChI is InChI=1S/C27H29NO4S/c1-6-17-8-10-18(11-9-17)16-21-23(29)22(26(31)32-7-2)25(33-21)28-24(30)19-12-14-20(15-13-19)27(3,4)5/h8-16,29H,6-7H2,1-5H3/b21-16+,28-25?. The number of nitrogens with zero attached hydrogens (tertiary/aromatic N) is 1. The van der Waals surface area contributed by atoms with E-state index < -0.39 is 11.9 Å². The fraction of sp³-hybridized carbons (Fsp3) is 0.296. The van der Waals surface area contributed by atoms with Crippen LogP contribution in [0.3, 0.4) is 0 Å². The number of aliphatic hydroxyl groups is 1. The molecular weight excluding hydrogens is 434 g/mol. The first-order chi connectivity index (χ1) is 15.6. The van der Waals surface area contributed by atoms with E-state index in [4.69, 9.17) is 4.74 Å². The van der Waals surface area contributed by atoms with Crippen molar-refractivity contribution in [3.8, 4) is 0 Å². The number of thioether (sulfide) groups is 1. The van der Waals surface area contributed by atoms with Gasteiger partial charge in [-0.15, -0.1) is 0 Å². The van der Waals surface area contributed by atoms with Crippen molar-refractivity contribution in [2.24, 2.45) is 4.99 Å². The molecule has 1 aliphatic rings. The van der Waals surface area contributed by atoms with E-state index in [0.29, 0.717) is 10.5 Å². The molecule has 1 amide bonds. The van der Waals surface area contributed by atoms with Crippen LogP contribution in [0.5, 0.6) is 0 Å². The number of esters is 1. The highest BCUT2D eigenvalue weighted by Gasteiger charge is 2.34. The van der Waals surface area contributed by atoms with Gasteiger partial charge in [-0.3, -0.25) is 4.79 Å². The molecule has 0 saturated heterocycles. The van der Waals surface area contributed by atoms with Crippen molar-refractivity contribution in [1.82, 2.24) is 0 Å². The fourth-order valence-electron chi connectivity index (χ4n) is 3.26. The third-order valence-corrected chi connectivity index (χ3v) is 6.28. The summed E-state index contributed by atoms with van der Waals surface area (Å²) >= 11 is 1.08. The first-order valence-electron chi connectivity index (χ1n) is 11.0. The summed E-state index contributed by atoms with van der Waals surface area (Å²) in [5.41, 5.74) is 3.47. The van der Waals surface area contributed by atoms with Gasteiger partial charge in [-0.05, 0) is 53.7 Å². The number of hydrogen-bond donors (Lipinski definition) is 1. The Labute approximate surface area is 199 Å². The summed E-state index contributed by atoms with van der Waals surface area (Å²) in [6, 6.07) is 15.2. The number of benzene rings is 2.